The molecule has 0 amide bonds. The van der Waals surface area contributed by atoms with Crippen LogP contribution >= 0.6 is 0 Å². The van der Waals surface area contributed by atoms with Crippen LogP contribution in [-0.2, 0) is 26.7 Å². The number of benzene rings is 1. The molecule has 1 aliphatic rings. The molecule has 0 aliphatic carbocycles. The van der Waals surface area contributed by atoms with E-state index in [2.05, 4.69) is 4.74 Å². The van der Waals surface area contributed by atoms with Crippen molar-refractivity contribution in [2.45, 2.75) is 24.6 Å². The third-order valence-electron chi connectivity index (χ3n) is 3.16. The number of ether oxygens (including phenoxy) is 1. The molecule has 0 bridgehead atoms. The lowest BCUT2D eigenvalue weighted by molar-refractivity contribution is -0.185. The molecule has 0 atom stereocenters. The summed E-state index contributed by atoms with van der Waals surface area (Å²) in [7, 11) is -4.02. The zero-order valence-corrected chi connectivity index (χ0v) is 11.9. The lowest BCUT2D eigenvalue weighted by Gasteiger charge is -2.37. The molecule has 124 valence electrons. The highest BCUT2D eigenvalue weighted by molar-refractivity contribution is 7.88. The smallest absolute Gasteiger partial charge is 0.317 e. The first-order valence-electron chi connectivity index (χ1n) is 6.16. The monoisotopic (exact) mass is 345 g/mol. The highest BCUT2D eigenvalue weighted by Gasteiger charge is 2.40. The predicted octanol–water partition coefficient (Wildman–Crippen LogP) is 2.46. The topological polar surface area (TPSA) is 46.6 Å². The van der Waals surface area contributed by atoms with E-state index >= 15 is 0 Å². The van der Waals surface area contributed by atoms with Crippen molar-refractivity contribution in [3.8, 4) is 0 Å². The number of halogens is 5. The normalized spacial score (nSPS) is 17.7. The maximum absolute atomic E-state index is 12.8. The Labute approximate surface area is 123 Å². The highest BCUT2D eigenvalue weighted by Crippen LogP contribution is 2.33. The van der Waals surface area contributed by atoms with Crippen LogP contribution in [0.4, 0.5) is 22.0 Å². The van der Waals surface area contributed by atoms with E-state index in [9.17, 15) is 30.4 Å². The minimum Gasteiger partial charge on any atom is -0.317 e. The van der Waals surface area contributed by atoms with Gasteiger partial charge in [0.25, 0.3) is 0 Å². The second-order valence-electron chi connectivity index (χ2n) is 4.75. The zero-order chi connectivity index (χ0) is 16.5. The SMILES string of the molecule is O=S(=O)(Cc1ccccc1C(F)(F)F)N1CC(OC(F)F)C1. The minimum atomic E-state index is -4.66. The maximum Gasteiger partial charge on any atom is 0.416 e. The molecule has 1 aliphatic heterocycles. The zero-order valence-electron chi connectivity index (χ0n) is 11.1. The lowest BCUT2D eigenvalue weighted by Crippen LogP contribution is -2.55. The van der Waals surface area contributed by atoms with Crippen molar-refractivity contribution in [1.82, 2.24) is 4.31 Å². The van der Waals surface area contributed by atoms with E-state index in [1.165, 1.54) is 6.07 Å². The molecule has 1 aromatic rings. The summed E-state index contributed by atoms with van der Waals surface area (Å²) in [6.07, 6.45) is -5.60. The second kappa shape index (κ2) is 6.09. The van der Waals surface area contributed by atoms with Gasteiger partial charge in [-0.05, 0) is 11.6 Å². The first-order chi connectivity index (χ1) is 10.1. The summed E-state index contributed by atoms with van der Waals surface area (Å²) in [6, 6.07) is 4.34. The summed E-state index contributed by atoms with van der Waals surface area (Å²) in [5.41, 5.74) is -1.41. The van der Waals surface area contributed by atoms with Crippen molar-refractivity contribution in [3.63, 3.8) is 0 Å². The Kier molecular flexibility index (Phi) is 4.73. The van der Waals surface area contributed by atoms with E-state index in [1.54, 1.807) is 0 Å². The highest BCUT2D eigenvalue weighted by atomic mass is 32.2. The molecule has 10 heteroatoms. The first-order valence-corrected chi connectivity index (χ1v) is 7.77. The van der Waals surface area contributed by atoms with E-state index in [0.717, 1.165) is 22.5 Å². The first kappa shape index (κ1) is 17.1. The minimum absolute atomic E-state index is 0.291. The van der Waals surface area contributed by atoms with Gasteiger partial charge in [0.15, 0.2) is 0 Å². The molecule has 1 aromatic carbocycles. The summed E-state index contributed by atoms with van der Waals surface area (Å²) in [4.78, 5) is 0. The van der Waals surface area contributed by atoms with Gasteiger partial charge in [0.2, 0.25) is 10.0 Å². The van der Waals surface area contributed by atoms with E-state index in [1.807, 2.05) is 0 Å². The number of rotatable bonds is 5. The van der Waals surface area contributed by atoms with Gasteiger partial charge < -0.3 is 4.74 Å². The van der Waals surface area contributed by atoms with Gasteiger partial charge in [0, 0.05) is 13.1 Å². The van der Waals surface area contributed by atoms with Crippen LogP contribution in [0.25, 0.3) is 0 Å². The van der Waals surface area contributed by atoms with Gasteiger partial charge in [0.1, 0.15) is 0 Å². The number of hydrogen-bond acceptors (Lipinski definition) is 3. The fraction of sp³-hybridized carbons (Fsp3) is 0.500. The second-order valence-corrected chi connectivity index (χ2v) is 6.72. The Balaban J connectivity index is 2.08. The summed E-state index contributed by atoms with van der Waals surface area (Å²) in [5.74, 6) is -0.843. The molecular formula is C12H12F5NO3S. The van der Waals surface area contributed by atoms with Crippen LogP contribution < -0.4 is 0 Å². The molecule has 4 nitrogen and oxygen atoms in total. The van der Waals surface area contributed by atoms with Crippen LogP contribution in [0.1, 0.15) is 11.1 Å². The average molecular weight is 345 g/mol. The average Bonchev–Trinajstić information content (AvgIpc) is 2.31. The Hall–Kier alpha value is -1.26. The van der Waals surface area contributed by atoms with Crippen molar-refractivity contribution < 1.29 is 35.1 Å². The molecule has 0 spiro atoms. The third kappa shape index (κ3) is 3.93. The van der Waals surface area contributed by atoms with Crippen molar-refractivity contribution in [1.29, 1.82) is 0 Å². The van der Waals surface area contributed by atoms with Crippen molar-refractivity contribution in [2.24, 2.45) is 0 Å². The van der Waals surface area contributed by atoms with Crippen LogP contribution in [0.3, 0.4) is 0 Å². The summed E-state index contributed by atoms with van der Waals surface area (Å²) < 4.78 is 91.3. The molecule has 2 rings (SSSR count). The molecule has 0 saturated carbocycles. The standard InChI is InChI=1S/C12H12F5NO3S/c13-11(14)21-9-5-18(6-9)22(19,20)7-8-3-1-2-4-10(8)12(15,16)17/h1-4,9,11H,5-7H2. The third-order valence-corrected chi connectivity index (χ3v) is 4.92. The Morgan fingerprint density at radius 2 is 1.82 bits per heavy atom. The van der Waals surface area contributed by atoms with Gasteiger partial charge in [0.05, 0.1) is 17.4 Å². The van der Waals surface area contributed by atoms with Gasteiger partial charge in [-0.1, -0.05) is 18.2 Å². The van der Waals surface area contributed by atoms with Gasteiger partial charge in [-0.15, -0.1) is 0 Å². The van der Waals surface area contributed by atoms with Gasteiger partial charge in [-0.2, -0.15) is 26.3 Å². The summed E-state index contributed by atoms with van der Waals surface area (Å²) in [5, 5.41) is 0. The lowest BCUT2D eigenvalue weighted by atomic mass is 10.1. The van der Waals surface area contributed by atoms with E-state index in [-0.39, 0.29) is 18.7 Å². The van der Waals surface area contributed by atoms with Crippen molar-refractivity contribution in [3.05, 3.63) is 35.4 Å². The molecule has 22 heavy (non-hydrogen) atoms. The quantitative estimate of drug-likeness (QED) is 0.770. The molecule has 0 N–H and O–H groups in total. The Morgan fingerprint density at radius 1 is 1.23 bits per heavy atom. The van der Waals surface area contributed by atoms with Crippen LogP contribution in [0, 0.1) is 0 Å². The maximum atomic E-state index is 12.8. The molecule has 0 unspecified atom stereocenters. The van der Waals surface area contributed by atoms with Gasteiger partial charge >= 0.3 is 12.8 Å². The fourth-order valence-electron chi connectivity index (χ4n) is 2.07. The van der Waals surface area contributed by atoms with Crippen LogP contribution in [0.2, 0.25) is 0 Å². The summed E-state index contributed by atoms with van der Waals surface area (Å²) in [6.45, 7) is -3.59. The molecule has 1 heterocycles. The van der Waals surface area contributed by atoms with Crippen molar-refractivity contribution in [2.75, 3.05) is 13.1 Å². The van der Waals surface area contributed by atoms with Crippen LogP contribution in [0.5, 0.6) is 0 Å². The van der Waals surface area contributed by atoms with Gasteiger partial charge in [-0.25, -0.2) is 8.42 Å². The number of alkyl halides is 5. The molecule has 0 aromatic heterocycles. The molecular weight excluding hydrogens is 333 g/mol. The number of hydrogen-bond donors (Lipinski definition) is 0. The van der Waals surface area contributed by atoms with E-state index < -0.39 is 40.2 Å². The number of nitrogens with zero attached hydrogens (tertiary/aromatic N) is 1. The van der Waals surface area contributed by atoms with E-state index in [0.29, 0.717) is 0 Å². The van der Waals surface area contributed by atoms with Crippen LogP contribution in [-0.4, -0.2) is 38.5 Å². The largest absolute Gasteiger partial charge is 0.416 e. The van der Waals surface area contributed by atoms with Crippen LogP contribution in [0.15, 0.2) is 24.3 Å². The predicted molar refractivity (Wildman–Crippen MR) is 66.5 cm³/mol. The molecule has 1 fully saturated rings. The van der Waals surface area contributed by atoms with Crippen molar-refractivity contribution >= 4 is 10.0 Å². The summed E-state index contributed by atoms with van der Waals surface area (Å²) >= 11 is 0. The Bertz CT molecular complexity index is 626. The number of sulfonamides is 1. The van der Waals surface area contributed by atoms with Gasteiger partial charge in [-0.3, -0.25) is 0 Å². The molecule has 0 radical (unpaired) electrons. The van der Waals surface area contributed by atoms with E-state index in [4.69, 9.17) is 0 Å². The fourth-order valence-corrected chi connectivity index (χ4v) is 3.68. The Morgan fingerprint density at radius 3 is 2.36 bits per heavy atom. The molecule has 1 saturated heterocycles.